The third-order valence-electron chi connectivity index (χ3n) is 6.24. The van der Waals surface area contributed by atoms with Gasteiger partial charge in [-0.1, -0.05) is 12.8 Å². The Bertz CT molecular complexity index is 545. The predicted octanol–water partition coefficient (Wildman–Crippen LogP) is 3.79. The second-order valence-corrected chi connectivity index (χ2v) is 9.94. The Hall–Kier alpha value is -1.50. The minimum atomic E-state index is -0.438. The van der Waals surface area contributed by atoms with E-state index in [1.54, 1.807) is 7.11 Å². The van der Waals surface area contributed by atoms with Gasteiger partial charge in [-0.3, -0.25) is 4.99 Å². The van der Waals surface area contributed by atoms with Crippen molar-refractivity contribution in [3.05, 3.63) is 0 Å². The van der Waals surface area contributed by atoms with Crippen molar-refractivity contribution in [3.63, 3.8) is 0 Å². The molecule has 1 heterocycles. The van der Waals surface area contributed by atoms with E-state index >= 15 is 0 Å². The van der Waals surface area contributed by atoms with Crippen molar-refractivity contribution in [3.8, 4) is 0 Å². The molecule has 1 saturated heterocycles. The Labute approximate surface area is 183 Å². The zero-order valence-corrected chi connectivity index (χ0v) is 19.9. The van der Waals surface area contributed by atoms with Gasteiger partial charge in [0.05, 0.1) is 0 Å². The van der Waals surface area contributed by atoms with E-state index in [1.165, 1.54) is 25.7 Å². The highest BCUT2D eigenvalue weighted by Gasteiger charge is 2.33. The van der Waals surface area contributed by atoms with Gasteiger partial charge in [0, 0.05) is 46.4 Å². The number of rotatable bonds is 8. The molecule has 0 bridgehead atoms. The quantitative estimate of drug-likeness (QED) is 0.458. The van der Waals surface area contributed by atoms with Gasteiger partial charge in [-0.15, -0.1) is 0 Å². The lowest BCUT2D eigenvalue weighted by Gasteiger charge is -2.33. The third-order valence-corrected chi connectivity index (χ3v) is 6.24. The molecule has 1 aliphatic carbocycles. The molecule has 1 saturated carbocycles. The number of amides is 1. The number of carbonyl (C=O) groups excluding carboxylic acids is 1. The lowest BCUT2D eigenvalue weighted by molar-refractivity contribution is 0.0185. The summed E-state index contributed by atoms with van der Waals surface area (Å²) in [5.41, 5.74) is -0.135. The number of methoxy groups -OCH3 is 1. The monoisotopic (exact) mass is 424 g/mol. The van der Waals surface area contributed by atoms with Gasteiger partial charge in [-0.05, 0) is 71.1 Å². The minimum absolute atomic E-state index is 0.193. The van der Waals surface area contributed by atoms with Crippen molar-refractivity contribution < 1.29 is 14.3 Å². The van der Waals surface area contributed by atoms with Crippen LogP contribution in [0.25, 0.3) is 0 Å². The smallest absolute Gasteiger partial charge is 0.410 e. The highest BCUT2D eigenvalue weighted by atomic mass is 16.6. The molecule has 0 spiro atoms. The third kappa shape index (κ3) is 8.32. The number of aliphatic imine (C=N–C) groups is 1. The van der Waals surface area contributed by atoms with Crippen molar-refractivity contribution in [2.45, 2.75) is 78.2 Å². The summed E-state index contributed by atoms with van der Waals surface area (Å²) >= 11 is 0. The molecule has 0 aromatic heterocycles. The topological polar surface area (TPSA) is 75.2 Å². The summed E-state index contributed by atoms with van der Waals surface area (Å²) < 4.78 is 10.8. The maximum absolute atomic E-state index is 12.2. The van der Waals surface area contributed by atoms with Gasteiger partial charge >= 0.3 is 6.09 Å². The largest absolute Gasteiger partial charge is 0.444 e. The number of nitrogens with one attached hydrogen (secondary N) is 2. The summed E-state index contributed by atoms with van der Waals surface area (Å²) in [6.45, 7) is 12.8. The van der Waals surface area contributed by atoms with Gasteiger partial charge in [0.1, 0.15) is 5.60 Å². The molecular weight excluding hydrogens is 380 g/mol. The van der Waals surface area contributed by atoms with E-state index in [2.05, 4.69) is 17.6 Å². The molecular formula is C23H44N4O3. The Morgan fingerprint density at radius 1 is 1.17 bits per heavy atom. The molecule has 0 atom stereocenters. The van der Waals surface area contributed by atoms with Crippen LogP contribution in [0.5, 0.6) is 0 Å². The first kappa shape index (κ1) is 24.8. The van der Waals surface area contributed by atoms with Crippen LogP contribution in [0.2, 0.25) is 0 Å². The van der Waals surface area contributed by atoms with Crippen LogP contribution in [0.15, 0.2) is 4.99 Å². The summed E-state index contributed by atoms with van der Waals surface area (Å²) in [4.78, 5) is 19.0. The summed E-state index contributed by atoms with van der Waals surface area (Å²) in [6.07, 6.45) is 7.99. The van der Waals surface area contributed by atoms with Crippen LogP contribution in [0.4, 0.5) is 4.79 Å². The lowest BCUT2D eigenvalue weighted by atomic mass is 9.83. The first-order valence-corrected chi connectivity index (χ1v) is 11.8. The highest BCUT2D eigenvalue weighted by molar-refractivity contribution is 5.79. The van der Waals surface area contributed by atoms with E-state index in [0.717, 1.165) is 64.6 Å². The second kappa shape index (κ2) is 11.8. The Kier molecular flexibility index (Phi) is 9.72. The molecule has 2 rings (SSSR count). The lowest BCUT2D eigenvalue weighted by Crippen LogP contribution is -2.45. The van der Waals surface area contributed by atoms with Gasteiger partial charge < -0.3 is 25.0 Å². The predicted molar refractivity (Wildman–Crippen MR) is 122 cm³/mol. The second-order valence-electron chi connectivity index (χ2n) is 9.94. The van der Waals surface area contributed by atoms with Crippen LogP contribution < -0.4 is 10.6 Å². The van der Waals surface area contributed by atoms with Crippen molar-refractivity contribution >= 4 is 12.1 Å². The first-order valence-electron chi connectivity index (χ1n) is 11.8. The van der Waals surface area contributed by atoms with E-state index in [0.29, 0.717) is 11.3 Å². The van der Waals surface area contributed by atoms with Crippen molar-refractivity contribution in [1.29, 1.82) is 0 Å². The van der Waals surface area contributed by atoms with Crippen LogP contribution in [-0.4, -0.2) is 69.0 Å². The molecule has 7 heteroatoms. The molecule has 0 radical (unpaired) electrons. The Balaban J connectivity index is 1.80. The Morgan fingerprint density at radius 2 is 1.83 bits per heavy atom. The van der Waals surface area contributed by atoms with Gasteiger partial charge in [0.15, 0.2) is 5.96 Å². The number of likely N-dealkylation sites (tertiary alicyclic amines) is 1. The first-order chi connectivity index (χ1) is 14.3. The molecule has 1 aliphatic heterocycles. The zero-order chi connectivity index (χ0) is 22.0. The summed E-state index contributed by atoms with van der Waals surface area (Å²) in [5, 5.41) is 6.94. The van der Waals surface area contributed by atoms with E-state index in [9.17, 15) is 4.79 Å². The number of nitrogens with zero attached hydrogens (tertiary/aromatic N) is 2. The van der Waals surface area contributed by atoms with E-state index in [1.807, 2.05) is 25.7 Å². The van der Waals surface area contributed by atoms with Crippen LogP contribution in [0.1, 0.15) is 72.6 Å². The molecule has 2 fully saturated rings. The molecule has 1 amide bonds. The molecule has 2 N–H and O–H groups in total. The highest BCUT2D eigenvalue weighted by Crippen LogP contribution is 2.41. The maximum Gasteiger partial charge on any atom is 0.410 e. The summed E-state index contributed by atoms with van der Waals surface area (Å²) in [6, 6.07) is 0. The van der Waals surface area contributed by atoms with Crippen molar-refractivity contribution in [1.82, 2.24) is 15.5 Å². The zero-order valence-electron chi connectivity index (χ0n) is 19.9. The molecule has 30 heavy (non-hydrogen) atoms. The maximum atomic E-state index is 12.2. The number of hydrogen-bond acceptors (Lipinski definition) is 4. The normalized spacial score (nSPS) is 20.3. The Morgan fingerprint density at radius 3 is 2.40 bits per heavy atom. The van der Waals surface area contributed by atoms with Crippen LogP contribution in [-0.2, 0) is 9.47 Å². The summed E-state index contributed by atoms with van der Waals surface area (Å²) in [7, 11) is 1.78. The molecule has 174 valence electrons. The molecule has 0 aromatic carbocycles. The molecule has 2 aliphatic rings. The SMILES string of the molecule is CCNC(=NCC1(CCOC)CCCC1)NCC1CCN(C(=O)OC(C)(C)C)CC1. The van der Waals surface area contributed by atoms with Gasteiger partial charge in [0.25, 0.3) is 0 Å². The standard InChI is InChI=1S/C23H44N4O3/c1-6-24-20(26-18-23(13-16-29-5)11-7-8-12-23)25-17-19-9-14-27(15-10-19)21(28)30-22(2,3)4/h19H,6-18H2,1-5H3,(H2,24,25,26). The number of guanidine groups is 1. The fraction of sp³-hybridized carbons (Fsp3) is 0.913. The minimum Gasteiger partial charge on any atom is -0.444 e. The number of ether oxygens (including phenoxy) is 2. The summed E-state index contributed by atoms with van der Waals surface area (Å²) in [5.74, 6) is 1.46. The van der Waals surface area contributed by atoms with E-state index in [4.69, 9.17) is 14.5 Å². The van der Waals surface area contributed by atoms with Crippen molar-refractivity contribution in [2.24, 2.45) is 16.3 Å². The fourth-order valence-electron chi connectivity index (χ4n) is 4.41. The van der Waals surface area contributed by atoms with Crippen molar-refractivity contribution in [2.75, 3.05) is 46.4 Å². The van der Waals surface area contributed by atoms with Crippen LogP contribution in [0.3, 0.4) is 0 Å². The average Bonchev–Trinajstić information content (AvgIpc) is 3.17. The molecule has 7 nitrogen and oxygen atoms in total. The number of carbonyl (C=O) groups is 1. The van der Waals surface area contributed by atoms with E-state index in [-0.39, 0.29) is 6.09 Å². The molecule has 0 unspecified atom stereocenters. The van der Waals surface area contributed by atoms with Crippen LogP contribution >= 0.6 is 0 Å². The number of piperidine rings is 1. The van der Waals surface area contributed by atoms with Gasteiger partial charge in [0.2, 0.25) is 0 Å². The van der Waals surface area contributed by atoms with Crippen LogP contribution in [0, 0.1) is 11.3 Å². The number of hydrogen-bond donors (Lipinski definition) is 2. The molecule has 0 aromatic rings. The van der Waals surface area contributed by atoms with Gasteiger partial charge in [-0.25, -0.2) is 4.79 Å². The van der Waals surface area contributed by atoms with Gasteiger partial charge in [-0.2, -0.15) is 0 Å². The average molecular weight is 425 g/mol. The van der Waals surface area contributed by atoms with E-state index < -0.39 is 5.60 Å². The fourth-order valence-corrected chi connectivity index (χ4v) is 4.41.